The fraction of sp³-hybridized carbons (Fsp3) is 0.438. The van der Waals surface area contributed by atoms with Gasteiger partial charge in [0.15, 0.2) is 0 Å². The molecule has 7 heteroatoms. The van der Waals surface area contributed by atoms with E-state index < -0.39 is 0 Å². The number of carbonyl (C=O) groups excluding carboxylic acids is 1. The van der Waals surface area contributed by atoms with Gasteiger partial charge in [-0.25, -0.2) is 0 Å². The molecule has 1 heterocycles. The highest BCUT2D eigenvalue weighted by molar-refractivity contribution is 7.99. The van der Waals surface area contributed by atoms with Gasteiger partial charge in [-0.2, -0.15) is 0 Å². The number of thioether (sulfide) groups is 1. The molecule has 122 valence electrons. The number of hydrogen-bond acceptors (Lipinski definition) is 5. The van der Waals surface area contributed by atoms with E-state index in [1.807, 2.05) is 12.1 Å². The quantitative estimate of drug-likeness (QED) is 0.826. The molecule has 1 fully saturated rings. The number of aromatic nitrogens is 2. The van der Waals surface area contributed by atoms with Crippen molar-refractivity contribution in [3.05, 3.63) is 29.3 Å². The summed E-state index contributed by atoms with van der Waals surface area (Å²) in [6.07, 6.45) is 5.84. The number of benzene rings is 1. The minimum absolute atomic E-state index is 0.0214. The molecular weight excluding hydrogens is 334 g/mol. The molecule has 2 aromatic rings. The van der Waals surface area contributed by atoms with Crippen LogP contribution in [0.5, 0.6) is 0 Å². The van der Waals surface area contributed by atoms with Gasteiger partial charge in [-0.15, -0.1) is 10.2 Å². The second kappa shape index (κ2) is 7.84. The van der Waals surface area contributed by atoms with E-state index in [2.05, 4.69) is 15.5 Å². The van der Waals surface area contributed by atoms with Gasteiger partial charge in [0.1, 0.15) is 0 Å². The highest BCUT2D eigenvalue weighted by Gasteiger charge is 2.17. The van der Waals surface area contributed by atoms with Crippen molar-refractivity contribution in [2.45, 2.75) is 43.4 Å². The number of halogens is 1. The molecule has 0 aliphatic heterocycles. The Kier molecular flexibility index (Phi) is 5.56. The summed E-state index contributed by atoms with van der Waals surface area (Å²) in [4.78, 5) is 12.0. The van der Waals surface area contributed by atoms with Gasteiger partial charge in [-0.05, 0) is 37.1 Å². The topological polar surface area (TPSA) is 68.0 Å². The van der Waals surface area contributed by atoms with Gasteiger partial charge in [0, 0.05) is 16.6 Å². The molecule has 1 N–H and O–H groups in total. The van der Waals surface area contributed by atoms with Gasteiger partial charge in [0.2, 0.25) is 11.8 Å². The Morgan fingerprint density at radius 2 is 1.96 bits per heavy atom. The van der Waals surface area contributed by atoms with Crippen molar-refractivity contribution in [3.8, 4) is 11.5 Å². The Balaban J connectivity index is 1.50. The molecule has 1 aliphatic rings. The maximum Gasteiger partial charge on any atom is 0.277 e. The standard InChI is InChI=1S/C16H18ClN3O2S/c17-12-8-6-11(7-9-12)15-19-20-16(22-15)23-10-14(21)18-13-4-2-1-3-5-13/h6-9,13H,1-5,10H2,(H,18,21). The van der Waals surface area contributed by atoms with Crippen LogP contribution < -0.4 is 5.32 Å². The zero-order valence-corrected chi connectivity index (χ0v) is 14.2. The van der Waals surface area contributed by atoms with Crippen LogP contribution in [0, 0.1) is 0 Å². The van der Waals surface area contributed by atoms with Crippen LogP contribution in [0.4, 0.5) is 0 Å². The highest BCUT2D eigenvalue weighted by Crippen LogP contribution is 2.24. The van der Waals surface area contributed by atoms with Gasteiger partial charge in [-0.1, -0.05) is 42.6 Å². The predicted octanol–water partition coefficient (Wildman–Crippen LogP) is 3.93. The summed E-state index contributed by atoms with van der Waals surface area (Å²) in [5.74, 6) is 0.740. The summed E-state index contributed by atoms with van der Waals surface area (Å²) >= 11 is 7.11. The van der Waals surface area contributed by atoms with Crippen LogP contribution in [0.3, 0.4) is 0 Å². The summed E-state index contributed by atoms with van der Waals surface area (Å²) in [6, 6.07) is 7.50. The average molecular weight is 352 g/mol. The van der Waals surface area contributed by atoms with Crippen molar-refractivity contribution in [1.82, 2.24) is 15.5 Å². The molecule has 1 saturated carbocycles. The van der Waals surface area contributed by atoms with E-state index in [1.165, 1.54) is 31.0 Å². The molecule has 3 rings (SSSR count). The van der Waals surface area contributed by atoms with Gasteiger partial charge in [-0.3, -0.25) is 4.79 Å². The lowest BCUT2D eigenvalue weighted by Gasteiger charge is -2.22. The van der Waals surface area contributed by atoms with Crippen molar-refractivity contribution in [1.29, 1.82) is 0 Å². The fourth-order valence-electron chi connectivity index (χ4n) is 2.62. The number of carbonyl (C=O) groups is 1. The van der Waals surface area contributed by atoms with Crippen LogP contribution in [0.2, 0.25) is 5.02 Å². The van der Waals surface area contributed by atoms with E-state index in [0.717, 1.165) is 18.4 Å². The van der Waals surface area contributed by atoms with Gasteiger partial charge in [0.25, 0.3) is 5.22 Å². The molecule has 0 unspecified atom stereocenters. The molecule has 0 bridgehead atoms. The smallest absolute Gasteiger partial charge is 0.277 e. The molecule has 1 aromatic heterocycles. The molecular formula is C16H18ClN3O2S. The molecule has 1 aromatic carbocycles. The molecule has 1 amide bonds. The third-order valence-corrected chi connectivity index (χ3v) is 4.87. The van der Waals surface area contributed by atoms with Crippen LogP contribution in [-0.2, 0) is 4.79 Å². The summed E-state index contributed by atoms with van der Waals surface area (Å²) in [7, 11) is 0. The normalized spacial score (nSPS) is 15.5. The summed E-state index contributed by atoms with van der Waals surface area (Å²) < 4.78 is 5.57. The van der Waals surface area contributed by atoms with Crippen LogP contribution in [-0.4, -0.2) is 27.9 Å². The van der Waals surface area contributed by atoms with Crippen molar-refractivity contribution < 1.29 is 9.21 Å². The maximum absolute atomic E-state index is 12.0. The maximum atomic E-state index is 12.0. The number of nitrogens with zero attached hydrogens (tertiary/aromatic N) is 2. The van der Waals surface area contributed by atoms with Crippen molar-refractivity contribution >= 4 is 29.3 Å². The zero-order valence-electron chi connectivity index (χ0n) is 12.6. The van der Waals surface area contributed by atoms with Crippen LogP contribution in [0.1, 0.15) is 32.1 Å². The van der Waals surface area contributed by atoms with Gasteiger partial charge in [0.05, 0.1) is 5.75 Å². The summed E-state index contributed by atoms with van der Waals surface area (Å²) in [6.45, 7) is 0. The minimum Gasteiger partial charge on any atom is -0.411 e. The summed E-state index contributed by atoms with van der Waals surface area (Å²) in [5.41, 5.74) is 0.806. The first-order valence-electron chi connectivity index (χ1n) is 7.72. The second-order valence-electron chi connectivity index (χ2n) is 5.57. The third-order valence-electron chi connectivity index (χ3n) is 3.79. The molecule has 0 spiro atoms. The Bertz CT molecular complexity index is 654. The number of rotatable bonds is 5. The van der Waals surface area contributed by atoms with Crippen LogP contribution >= 0.6 is 23.4 Å². The lowest BCUT2D eigenvalue weighted by molar-refractivity contribution is -0.119. The first-order valence-corrected chi connectivity index (χ1v) is 9.09. The SMILES string of the molecule is O=C(CSc1nnc(-c2ccc(Cl)cc2)o1)NC1CCCCC1. The molecule has 0 saturated heterocycles. The molecule has 0 atom stereocenters. The van der Waals surface area contributed by atoms with E-state index in [1.54, 1.807) is 12.1 Å². The van der Waals surface area contributed by atoms with Crippen molar-refractivity contribution in [3.63, 3.8) is 0 Å². The van der Waals surface area contributed by atoms with Crippen molar-refractivity contribution in [2.24, 2.45) is 0 Å². The molecule has 23 heavy (non-hydrogen) atoms. The molecule has 5 nitrogen and oxygen atoms in total. The van der Waals surface area contributed by atoms with Gasteiger partial charge >= 0.3 is 0 Å². The Labute approximate surface area is 144 Å². The lowest BCUT2D eigenvalue weighted by atomic mass is 9.95. The minimum atomic E-state index is 0.0214. The third kappa shape index (κ3) is 4.72. The van der Waals surface area contributed by atoms with E-state index in [9.17, 15) is 4.79 Å². The predicted molar refractivity (Wildman–Crippen MR) is 90.5 cm³/mol. The van der Waals surface area contributed by atoms with E-state index >= 15 is 0 Å². The number of nitrogens with one attached hydrogen (secondary N) is 1. The lowest BCUT2D eigenvalue weighted by Crippen LogP contribution is -2.37. The van der Waals surface area contributed by atoms with Crippen molar-refractivity contribution in [2.75, 3.05) is 5.75 Å². The van der Waals surface area contributed by atoms with Gasteiger partial charge < -0.3 is 9.73 Å². The molecule has 0 radical (unpaired) electrons. The monoisotopic (exact) mass is 351 g/mol. The fourth-order valence-corrected chi connectivity index (χ4v) is 3.32. The largest absolute Gasteiger partial charge is 0.411 e. The van der Waals surface area contributed by atoms with E-state index in [0.29, 0.717) is 27.9 Å². The Hall–Kier alpha value is -1.53. The van der Waals surface area contributed by atoms with E-state index in [4.69, 9.17) is 16.0 Å². The van der Waals surface area contributed by atoms with E-state index in [-0.39, 0.29) is 5.91 Å². The number of hydrogen-bond donors (Lipinski definition) is 1. The zero-order chi connectivity index (χ0) is 16.1. The Morgan fingerprint density at radius 3 is 2.70 bits per heavy atom. The first-order chi connectivity index (χ1) is 11.2. The average Bonchev–Trinajstić information content (AvgIpc) is 3.04. The first kappa shape index (κ1) is 16.3. The highest BCUT2D eigenvalue weighted by atomic mass is 35.5. The Morgan fingerprint density at radius 1 is 1.22 bits per heavy atom. The number of amides is 1. The second-order valence-corrected chi connectivity index (χ2v) is 6.93. The molecule has 1 aliphatic carbocycles. The summed E-state index contributed by atoms with van der Waals surface area (Å²) in [5, 5.41) is 12.1. The van der Waals surface area contributed by atoms with Crippen LogP contribution in [0.15, 0.2) is 33.9 Å². The van der Waals surface area contributed by atoms with Crippen LogP contribution in [0.25, 0.3) is 11.5 Å².